The smallest absolute Gasteiger partial charge is 0.264 e. The molecule has 0 saturated carbocycles. The van der Waals surface area contributed by atoms with Gasteiger partial charge in [-0.2, -0.15) is 0 Å². The minimum Gasteiger partial charge on any atom is -0.381 e. The average Bonchev–Trinajstić information content (AvgIpc) is 3.24. The number of hydrogen-bond donors (Lipinski definition) is 2. The van der Waals surface area contributed by atoms with E-state index in [1.54, 1.807) is 29.2 Å². The highest BCUT2D eigenvalue weighted by molar-refractivity contribution is 6.04. The van der Waals surface area contributed by atoms with Crippen molar-refractivity contribution in [3.63, 3.8) is 0 Å². The summed E-state index contributed by atoms with van der Waals surface area (Å²) in [6, 6.07) is 14.8. The second-order valence-electron chi connectivity index (χ2n) is 11.5. The number of hydrogen-bond acceptors (Lipinski definition) is 7. The Balaban J connectivity index is 1.44. The number of nitrogens with two attached hydrogens (primary N) is 1. The zero-order valence-electron chi connectivity index (χ0n) is 25.1. The zero-order chi connectivity index (χ0) is 31.1. The van der Waals surface area contributed by atoms with E-state index < -0.39 is 11.9 Å². The fourth-order valence-electron chi connectivity index (χ4n) is 6.41. The Morgan fingerprint density at radius 1 is 1.04 bits per heavy atom. The summed E-state index contributed by atoms with van der Waals surface area (Å²) in [6.45, 7) is 2.50. The van der Waals surface area contributed by atoms with E-state index in [0.717, 1.165) is 53.5 Å². The van der Waals surface area contributed by atoms with E-state index in [9.17, 15) is 9.59 Å². The highest BCUT2D eigenvalue weighted by Crippen LogP contribution is 2.35. The van der Waals surface area contributed by atoms with Crippen LogP contribution in [0.15, 0.2) is 82.5 Å². The van der Waals surface area contributed by atoms with Gasteiger partial charge in [-0.3, -0.25) is 19.1 Å². The topological polar surface area (TPSA) is 123 Å². The maximum atomic E-state index is 14.8. The van der Waals surface area contributed by atoms with Gasteiger partial charge < -0.3 is 16.0 Å². The van der Waals surface area contributed by atoms with Gasteiger partial charge in [0.15, 0.2) is 11.5 Å². The van der Waals surface area contributed by atoms with Gasteiger partial charge >= 0.3 is 0 Å². The molecule has 1 aliphatic carbocycles. The van der Waals surface area contributed by atoms with Gasteiger partial charge in [0, 0.05) is 43.1 Å². The van der Waals surface area contributed by atoms with Crippen molar-refractivity contribution in [2.24, 2.45) is 4.99 Å². The minimum absolute atomic E-state index is 0.0883. The average molecular weight is 597 g/mol. The molecule has 0 radical (unpaired) electrons. The Morgan fingerprint density at radius 2 is 1.87 bits per heavy atom. The van der Waals surface area contributed by atoms with Crippen LogP contribution in [0.5, 0.6) is 0 Å². The number of aromatic nitrogens is 4. The second kappa shape index (κ2) is 11.4. The first-order valence-electron chi connectivity index (χ1n) is 15.0. The lowest BCUT2D eigenvalue weighted by Crippen LogP contribution is -2.34. The molecule has 3 aromatic heterocycles. The predicted molar refractivity (Wildman–Crippen MR) is 176 cm³/mol. The molecule has 0 fully saturated rings. The van der Waals surface area contributed by atoms with Crippen molar-refractivity contribution in [3.05, 3.63) is 111 Å². The third-order valence-corrected chi connectivity index (χ3v) is 8.34. The molecule has 45 heavy (non-hydrogen) atoms. The Morgan fingerprint density at radius 3 is 2.69 bits per heavy atom. The largest absolute Gasteiger partial charge is 0.381 e. The van der Waals surface area contributed by atoms with Crippen LogP contribution in [0, 0.1) is 11.8 Å². The molecule has 0 unspecified atom stereocenters. The first-order chi connectivity index (χ1) is 21.9. The van der Waals surface area contributed by atoms with Gasteiger partial charge in [-0.05, 0) is 73.4 Å². The Labute approximate surface area is 259 Å². The van der Waals surface area contributed by atoms with E-state index in [2.05, 4.69) is 38.3 Å². The normalized spacial score (nSPS) is 14.9. The lowest BCUT2D eigenvalue weighted by atomic mass is 9.92. The number of pyridine rings is 1. The maximum Gasteiger partial charge on any atom is 0.264 e. The number of para-hydroxylation sites is 1. The van der Waals surface area contributed by atoms with Crippen LogP contribution in [0.1, 0.15) is 58.5 Å². The number of nitrogens with zero attached hydrogens (tertiary/aromatic N) is 6. The number of aliphatic imine (C=N–C) groups is 1. The summed E-state index contributed by atoms with van der Waals surface area (Å²) in [7, 11) is 1.95. The summed E-state index contributed by atoms with van der Waals surface area (Å²) in [5, 5.41) is 8.92. The van der Waals surface area contributed by atoms with Crippen LogP contribution < -0.4 is 16.6 Å². The molecular formula is C35H32N8O2. The van der Waals surface area contributed by atoms with Crippen molar-refractivity contribution in [1.29, 1.82) is 0 Å². The van der Waals surface area contributed by atoms with E-state index in [4.69, 9.17) is 5.73 Å². The number of nitrogen functional groups attached to an aromatic ring is 1. The Bertz CT molecular complexity index is 2170. The fourth-order valence-corrected chi connectivity index (χ4v) is 6.41. The van der Waals surface area contributed by atoms with E-state index in [1.165, 1.54) is 4.52 Å². The number of allylic oxidation sites excluding steroid dienone is 1. The number of fused-ring (bicyclic) bond motifs is 1. The van der Waals surface area contributed by atoms with Crippen LogP contribution in [-0.2, 0) is 12.8 Å². The van der Waals surface area contributed by atoms with Crippen LogP contribution in [0.3, 0.4) is 0 Å². The first-order valence-corrected chi connectivity index (χ1v) is 15.0. The van der Waals surface area contributed by atoms with Crippen molar-refractivity contribution in [1.82, 2.24) is 29.4 Å². The highest BCUT2D eigenvalue weighted by Gasteiger charge is 2.28. The monoisotopic (exact) mass is 596 g/mol. The molecule has 0 saturated heterocycles. The molecule has 1 amide bonds. The number of amides is 1. The van der Waals surface area contributed by atoms with Gasteiger partial charge in [0.2, 0.25) is 0 Å². The Hall–Kier alpha value is -5.69. The molecule has 4 heterocycles. The molecule has 3 N–H and O–H groups in total. The van der Waals surface area contributed by atoms with Crippen LogP contribution in [0.4, 0.5) is 5.82 Å². The van der Waals surface area contributed by atoms with E-state index >= 15 is 0 Å². The predicted octanol–water partition coefficient (Wildman–Crippen LogP) is 4.19. The quantitative estimate of drug-likeness (QED) is 0.300. The highest BCUT2D eigenvalue weighted by atomic mass is 16.2. The molecule has 2 aliphatic rings. The maximum absolute atomic E-state index is 14.8. The first kappa shape index (κ1) is 28.1. The second-order valence-corrected chi connectivity index (χ2v) is 11.5. The summed E-state index contributed by atoms with van der Waals surface area (Å²) in [5.41, 5.74) is 11.6. The standard InChI is InChI=1S/C35H32N8O2/c1-22(39-34(44)30-32(36)40-42-18-8-17-38-33(30)42)31-27-12-7-6-9-24-15-16-25(14-13-23-19-37-21-41(2)20-23)29(28(24)27)35(45)43(31)26-10-4-3-5-11-26/h3-5,8,10-11,15-20,22H,6-7,9,12,21H2,1-2H3,(H2,36,40)(H,39,44)/t22-/m1/s1. The molecule has 10 nitrogen and oxygen atoms in total. The number of benzene rings is 2. The minimum atomic E-state index is -0.553. The fraction of sp³-hybridized carbons (Fsp3) is 0.229. The molecule has 2 aromatic carbocycles. The number of aryl methyl sites for hydroxylation is 2. The molecule has 1 aliphatic heterocycles. The molecule has 7 rings (SSSR count). The SMILES string of the molecule is C[C@@H](NC(=O)c1c(N)nn2cccnc12)c1c2c3c(ccc(C#CC4=CN(C)CN=C4)c3c(=O)n1-c1ccccc1)CCCC2. The van der Waals surface area contributed by atoms with Crippen LogP contribution in [0.25, 0.3) is 22.1 Å². The summed E-state index contributed by atoms with van der Waals surface area (Å²) < 4.78 is 3.23. The molecule has 0 bridgehead atoms. The van der Waals surface area contributed by atoms with E-state index in [-0.39, 0.29) is 16.9 Å². The third-order valence-electron chi connectivity index (χ3n) is 8.34. The van der Waals surface area contributed by atoms with Crippen LogP contribution in [-0.4, -0.2) is 49.9 Å². The van der Waals surface area contributed by atoms with Crippen LogP contribution >= 0.6 is 0 Å². The lowest BCUT2D eigenvalue weighted by molar-refractivity contribution is 0.0941. The van der Waals surface area contributed by atoms with Crippen molar-refractivity contribution in [2.75, 3.05) is 19.5 Å². The van der Waals surface area contributed by atoms with Gasteiger partial charge in [-0.15, -0.1) is 5.10 Å². The van der Waals surface area contributed by atoms with Gasteiger partial charge in [0.05, 0.1) is 22.7 Å². The number of carbonyl (C=O) groups excluding carboxylic acids is 1. The Kier molecular flexibility index (Phi) is 7.14. The molecule has 224 valence electrons. The number of anilines is 1. The molecule has 0 spiro atoms. The van der Waals surface area contributed by atoms with Crippen molar-refractivity contribution < 1.29 is 4.79 Å². The molecule has 5 aromatic rings. The van der Waals surface area contributed by atoms with E-state index in [0.29, 0.717) is 29.0 Å². The van der Waals surface area contributed by atoms with Gasteiger partial charge in [-0.25, -0.2) is 9.50 Å². The van der Waals surface area contributed by atoms with Crippen molar-refractivity contribution >= 4 is 34.4 Å². The zero-order valence-corrected chi connectivity index (χ0v) is 25.1. The molecule has 1 atom stereocenters. The van der Waals surface area contributed by atoms with E-state index in [1.807, 2.05) is 61.5 Å². The summed E-state index contributed by atoms with van der Waals surface area (Å²) in [4.78, 5) is 39.2. The number of rotatable bonds is 4. The van der Waals surface area contributed by atoms with Gasteiger partial charge in [0.25, 0.3) is 11.5 Å². The van der Waals surface area contributed by atoms with Gasteiger partial charge in [-0.1, -0.05) is 36.1 Å². The van der Waals surface area contributed by atoms with Gasteiger partial charge in [0.1, 0.15) is 12.2 Å². The third kappa shape index (κ3) is 5.02. The van der Waals surface area contributed by atoms with Crippen molar-refractivity contribution in [2.45, 2.75) is 38.6 Å². The summed E-state index contributed by atoms with van der Waals surface area (Å²) in [6.07, 6.45) is 10.6. The van der Waals surface area contributed by atoms with Crippen molar-refractivity contribution in [3.8, 4) is 17.5 Å². The molecular weight excluding hydrogens is 564 g/mol. The summed E-state index contributed by atoms with van der Waals surface area (Å²) in [5.74, 6) is 6.20. The molecule has 10 heteroatoms. The van der Waals surface area contributed by atoms with Crippen LogP contribution in [0.2, 0.25) is 0 Å². The lowest BCUT2D eigenvalue weighted by Gasteiger charge is -2.25. The number of carbonyl (C=O) groups is 1. The number of nitrogens with one attached hydrogen (secondary N) is 1. The summed E-state index contributed by atoms with van der Waals surface area (Å²) >= 11 is 0.